The summed E-state index contributed by atoms with van der Waals surface area (Å²) < 4.78 is 5.24. The van der Waals surface area contributed by atoms with Crippen molar-refractivity contribution in [2.75, 3.05) is 13.1 Å². The highest BCUT2D eigenvalue weighted by molar-refractivity contribution is 6.09. The van der Waals surface area contributed by atoms with Gasteiger partial charge in [-0.15, -0.1) is 0 Å². The van der Waals surface area contributed by atoms with Crippen LogP contribution in [-0.2, 0) is 39.3 Å². The quantitative estimate of drug-likeness (QED) is 0.190. The molecule has 0 radical (unpaired) electrons. The van der Waals surface area contributed by atoms with Gasteiger partial charge in [0.15, 0.2) is 0 Å². The van der Waals surface area contributed by atoms with Gasteiger partial charge in [-0.2, -0.15) is 0 Å². The van der Waals surface area contributed by atoms with E-state index in [4.69, 9.17) is 0 Å². The molecule has 4 heteroatoms. The van der Waals surface area contributed by atoms with Crippen LogP contribution in [0, 0.1) is 0 Å². The van der Waals surface area contributed by atoms with Crippen molar-refractivity contribution in [1.82, 2.24) is 18.9 Å². The zero-order chi connectivity index (χ0) is 30.3. The maximum absolute atomic E-state index is 2.68. The van der Waals surface area contributed by atoms with Gasteiger partial charge < -0.3 is 9.13 Å². The van der Waals surface area contributed by atoms with Crippen molar-refractivity contribution >= 4 is 43.6 Å². The Morgan fingerprint density at radius 2 is 0.778 bits per heavy atom. The molecular weight excluding hydrogens is 548 g/mol. The summed E-state index contributed by atoms with van der Waals surface area (Å²) in [6.07, 6.45) is 8.52. The summed E-state index contributed by atoms with van der Waals surface area (Å²) in [6.45, 7) is 12.9. The molecule has 6 aromatic rings. The van der Waals surface area contributed by atoms with Gasteiger partial charge in [0.25, 0.3) is 0 Å². The predicted octanol–water partition coefficient (Wildman–Crippen LogP) is 10.0. The Hall–Kier alpha value is -3.60. The highest BCUT2D eigenvalue weighted by Gasteiger charge is 2.18. The van der Waals surface area contributed by atoms with Gasteiger partial charge in [0.2, 0.25) is 0 Å². The molecule has 0 aliphatic carbocycles. The monoisotopic (exact) mass is 596 g/mol. The van der Waals surface area contributed by atoms with Gasteiger partial charge in [-0.25, -0.2) is 0 Å². The molecule has 0 N–H and O–H groups in total. The van der Waals surface area contributed by atoms with Crippen LogP contribution in [0.3, 0.4) is 0 Å². The van der Waals surface area contributed by atoms with E-state index in [-0.39, 0.29) is 0 Å². The number of nitrogens with zero attached hydrogens (tertiary/aromatic N) is 4. The second-order valence-electron chi connectivity index (χ2n) is 13.9. The molecule has 45 heavy (non-hydrogen) atoms. The van der Waals surface area contributed by atoms with Gasteiger partial charge in [-0.3, -0.25) is 9.80 Å². The molecule has 0 saturated heterocycles. The topological polar surface area (TPSA) is 16.3 Å². The average molecular weight is 597 g/mol. The first kappa shape index (κ1) is 28.8. The molecule has 0 atom stereocenters. The smallest absolute Gasteiger partial charge is 0.0491 e. The van der Waals surface area contributed by atoms with E-state index in [1.807, 2.05) is 0 Å². The van der Waals surface area contributed by atoms with Gasteiger partial charge in [-0.1, -0.05) is 51.0 Å². The Kier molecular flexibility index (Phi) is 7.89. The van der Waals surface area contributed by atoms with Crippen molar-refractivity contribution in [3.05, 3.63) is 95.1 Å². The minimum atomic E-state index is 0.983. The first-order valence-electron chi connectivity index (χ1n) is 17.7. The van der Waals surface area contributed by atoms with E-state index in [0.717, 1.165) is 52.4 Å². The molecule has 14 bridgehead atoms. The number of aromatic nitrogens is 2. The third-order valence-corrected chi connectivity index (χ3v) is 10.5. The van der Waals surface area contributed by atoms with Crippen molar-refractivity contribution < 1.29 is 0 Å². The number of benzene rings is 4. The number of hydrogen-bond donors (Lipinski definition) is 0. The summed E-state index contributed by atoms with van der Waals surface area (Å²) in [7, 11) is 0. The SMILES string of the molecule is CCCCN1Cc2ccc3c(c2)c2cc4ccc2n3CCCCCn2c3ccc(cc3c3cc(ccc32)CN(CCCC)C4)C1. The maximum atomic E-state index is 2.68. The summed E-state index contributed by atoms with van der Waals surface area (Å²) >= 11 is 0. The number of aryl methyl sites for hydroxylation is 2. The van der Waals surface area contributed by atoms with E-state index in [0.29, 0.717) is 0 Å². The summed E-state index contributed by atoms with van der Waals surface area (Å²) in [5.41, 5.74) is 11.3. The molecule has 4 nitrogen and oxygen atoms in total. The Labute approximate surface area is 268 Å². The highest BCUT2D eigenvalue weighted by atomic mass is 15.1. The van der Waals surface area contributed by atoms with Gasteiger partial charge in [0.1, 0.15) is 0 Å². The Morgan fingerprint density at radius 1 is 0.444 bits per heavy atom. The highest BCUT2D eigenvalue weighted by Crippen LogP contribution is 2.35. The number of unbranched alkanes of at least 4 members (excludes halogenated alkanes) is 2. The van der Waals surface area contributed by atoms with Crippen LogP contribution < -0.4 is 0 Å². The predicted molar refractivity (Wildman–Crippen MR) is 191 cm³/mol. The minimum Gasteiger partial charge on any atom is -0.340 e. The van der Waals surface area contributed by atoms with Crippen LogP contribution in [0.5, 0.6) is 0 Å². The van der Waals surface area contributed by atoms with E-state index in [1.165, 1.54) is 111 Å². The van der Waals surface area contributed by atoms with Crippen LogP contribution >= 0.6 is 0 Å². The molecule has 0 spiro atoms. The van der Waals surface area contributed by atoms with Crippen molar-refractivity contribution in [3.8, 4) is 0 Å². The lowest BCUT2D eigenvalue weighted by Gasteiger charge is -2.23. The third kappa shape index (κ3) is 5.47. The molecule has 4 aromatic carbocycles. The summed E-state index contributed by atoms with van der Waals surface area (Å²) in [6, 6.07) is 29.4. The fourth-order valence-electron chi connectivity index (χ4n) is 8.21. The van der Waals surface area contributed by atoms with Crippen LogP contribution in [0.1, 0.15) is 81.0 Å². The van der Waals surface area contributed by atoms with Crippen LogP contribution in [-0.4, -0.2) is 32.0 Å². The van der Waals surface area contributed by atoms with E-state index >= 15 is 0 Å². The van der Waals surface area contributed by atoms with E-state index < -0.39 is 0 Å². The minimum absolute atomic E-state index is 0.983. The van der Waals surface area contributed by atoms with Gasteiger partial charge in [0.05, 0.1) is 0 Å². The summed E-state index contributed by atoms with van der Waals surface area (Å²) in [5, 5.41) is 5.71. The van der Waals surface area contributed by atoms with Crippen molar-refractivity contribution in [2.45, 2.75) is 98.1 Å². The lowest BCUT2D eigenvalue weighted by Crippen LogP contribution is -2.24. The normalized spacial score (nSPS) is 16.7. The van der Waals surface area contributed by atoms with Gasteiger partial charge in [-0.05, 0) is 116 Å². The lowest BCUT2D eigenvalue weighted by atomic mass is 10.0. The number of rotatable bonds is 6. The second kappa shape index (κ2) is 12.3. The molecule has 10 heterocycles. The van der Waals surface area contributed by atoms with Crippen molar-refractivity contribution in [1.29, 1.82) is 0 Å². The fraction of sp³-hybridized carbons (Fsp3) is 0.415. The van der Waals surface area contributed by atoms with E-state index in [2.05, 4.69) is 106 Å². The van der Waals surface area contributed by atoms with E-state index in [1.54, 1.807) is 0 Å². The first-order valence-corrected chi connectivity index (χ1v) is 17.7. The lowest BCUT2D eigenvalue weighted by molar-refractivity contribution is 0.252. The molecule has 232 valence electrons. The molecule has 14 rings (SSSR count). The van der Waals surface area contributed by atoms with Crippen LogP contribution in [0.2, 0.25) is 0 Å². The molecule has 0 fully saturated rings. The Balaban J connectivity index is 1.37. The molecule has 0 saturated carbocycles. The standard InChI is InChI=1S/C41H48N4/c1-3-5-18-42-26-30-10-14-38-34(22-30)36-24-32-12-16-40(36)44(38)20-8-7-9-21-45-39-15-11-31(27-42)23-35(39)37-25-33(13-17-41(37)45)29-43(28-32)19-6-4-2/h10-17,22-25H,3-9,18-21,26-29H2,1-2H3. The Bertz CT molecular complexity index is 1720. The third-order valence-electron chi connectivity index (χ3n) is 10.5. The van der Waals surface area contributed by atoms with Crippen LogP contribution in [0.4, 0.5) is 0 Å². The first-order chi connectivity index (χ1) is 22.2. The summed E-state index contributed by atoms with van der Waals surface area (Å²) in [5.74, 6) is 0. The molecular formula is C41H48N4. The van der Waals surface area contributed by atoms with Crippen LogP contribution in [0.25, 0.3) is 43.6 Å². The molecule has 2 aromatic heterocycles. The fourth-order valence-corrected chi connectivity index (χ4v) is 8.21. The van der Waals surface area contributed by atoms with Gasteiger partial charge in [0, 0.05) is 82.9 Å². The average Bonchev–Trinajstić information content (AvgIpc) is 3.52. The van der Waals surface area contributed by atoms with E-state index in [9.17, 15) is 0 Å². The maximum Gasteiger partial charge on any atom is 0.0491 e. The zero-order valence-electron chi connectivity index (χ0n) is 27.3. The molecule has 8 aliphatic rings. The van der Waals surface area contributed by atoms with Crippen molar-refractivity contribution in [3.63, 3.8) is 0 Å². The number of hydrogen-bond acceptors (Lipinski definition) is 2. The zero-order valence-corrected chi connectivity index (χ0v) is 27.3. The largest absolute Gasteiger partial charge is 0.340 e. The molecule has 8 aliphatic heterocycles. The Morgan fingerprint density at radius 3 is 1.09 bits per heavy atom. The summed E-state index contributed by atoms with van der Waals surface area (Å²) in [4.78, 5) is 5.36. The second-order valence-corrected chi connectivity index (χ2v) is 13.9. The molecule has 0 unspecified atom stereocenters. The van der Waals surface area contributed by atoms with Gasteiger partial charge >= 0.3 is 0 Å². The van der Waals surface area contributed by atoms with Crippen molar-refractivity contribution in [2.24, 2.45) is 0 Å². The molecule has 0 amide bonds. The van der Waals surface area contributed by atoms with Crippen LogP contribution in [0.15, 0.2) is 72.8 Å².